The number of halogens is 1. The van der Waals surface area contributed by atoms with E-state index in [1.165, 1.54) is 10.4 Å². The minimum absolute atomic E-state index is 0.762. The Balaban J connectivity index is 1.80. The molecule has 3 aromatic rings. The molecular formula is C14H11ClN2S. The average molecular weight is 275 g/mol. The first-order valence-corrected chi connectivity index (χ1v) is 6.89. The van der Waals surface area contributed by atoms with E-state index in [9.17, 15) is 0 Å². The third-order valence-corrected chi connectivity index (χ3v) is 3.83. The highest BCUT2D eigenvalue weighted by atomic mass is 35.5. The summed E-state index contributed by atoms with van der Waals surface area (Å²) in [6.07, 6.45) is 2.75. The predicted molar refractivity (Wildman–Crippen MR) is 76.2 cm³/mol. The molecule has 0 unspecified atom stereocenters. The first-order chi connectivity index (χ1) is 8.81. The highest BCUT2D eigenvalue weighted by Gasteiger charge is 2.05. The summed E-state index contributed by atoms with van der Waals surface area (Å²) in [5, 5.41) is 2.82. The molecule has 18 heavy (non-hydrogen) atoms. The second-order valence-corrected chi connectivity index (χ2v) is 5.40. The molecule has 0 atom stereocenters. The van der Waals surface area contributed by atoms with Crippen molar-refractivity contribution in [1.29, 1.82) is 0 Å². The van der Waals surface area contributed by atoms with Gasteiger partial charge in [-0.25, -0.2) is 4.98 Å². The van der Waals surface area contributed by atoms with Gasteiger partial charge in [-0.3, -0.25) is 0 Å². The van der Waals surface area contributed by atoms with Crippen molar-refractivity contribution in [1.82, 2.24) is 9.97 Å². The van der Waals surface area contributed by atoms with Gasteiger partial charge >= 0.3 is 0 Å². The van der Waals surface area contributed by atoms with Crippen molar-refractivity contribution in [2.75, 3.05) is 0 Å². The maximum absolute atomic E-state index is 5.86. The molecule has 0 aliphatic heterocycles. The number of aromatic amines is 1. The maximum atomic E-state index is 5.86. The summed E-state index contributed by atoms with van der Waals surface area (Å²) in [6, 6.07) is 12.0. The van der Waals surface area contributed by atoms with E-state index in [0.29, 0.717) is 0 Å². The molecule has 0 fully saturated rings. The number of nitrogens with one attached hydrogen (secondary N) is 1. The van der Waals surface area contributed by atoms with Crippen molar-refractivity contribution in [3.63, 3.8) is 0 Å². The number of hydrogen-bond acceptors (Lipinski definition) is 2. The van der Waals surface area contributed by atoms with Crippen LogP contribution in [0.5, 0.6) is 0 Å². The van der Waals surface area contributed by atoms with Crippen LogP contribution in [-0.4, -0.2) is 9.97 Å². The summed E-state index contributed by atoms with van der Waals surface area (Å²) in [5.41, 5.74) is 2.21. The molecule has 3 rings (SSSR count). The van der Waals surface area contributed by atoms with Crippen LogP contribution in [-0.2, 0) is 6.42 Å². The van der Waals surface area contributed by atoms with E-state index < -0.39 is 0 Å². The Morgan fingerprint density at radius 2 is 2.00 bits per heavy atom. The molecule has 2 aromatic heterocycles. The fraction of sp³-hybridized carbons (Fsp3) is 0.0714. The smallest absolute Gasteiger partial charge is 0.111 e. The Morgan fingerprint density at radius 1 is 1.17 bits per heavy atom. The SMILES string of the molecule is Clc1ccc(Cc2nc(-c3cccs3)c[nH]2)cc1. The summed E-state index contributed by atoms with van der Waals surface area (Å²) < 4.78 is 0. The molecule has 90 valence electrons. The topological polar surface area (TPSA) is 28.7 Å². The van der Waals surface area contributed by atoms with Crippen LogP contribution in [0.1, 0.15) is 11.4 Å². The zero-order chi connectivity index (χ0) is 12.4. The maximum Gasteiger partial charge on any atom is 0.111 e. The van der Waals surface area contributed by atoms with Crippen LogP contribution in [0.2, 0.25) is 5.02 Å². The minimum atomic E-state index is 0.762. The normalized spacial score (nSPS) is 10.7. The zero-order valence-corrected chi connectivity index (χ0v) is 11.1. The number of rotatable bonds is 3. The van der Waals surface area contributed by atoms with E-state index in [4.69, 9.17) is 11.6 Å². The number of imidazole rings is 1. The van der Waals surface area contributed by atoms with Crippen molar-refractivity contribution in [2.24, 2.45) is 0 Å². The predicted octanol–water partition coefficient (Wildman–Crippen LogP) is 4.38. The average Bonchev–Trinajstić information content (AvgIpc) is 3.02. The van der Waals surface area contributed by atoms with E-state index in [-0.39, 0.29) is 0 Å². The largest absolute Gasteiger partial charge is 0.348 e. The van der Waals surface area contributed by atoms with Crippen LogP contribution in [0.4, 0.5) is 0 Å². The Kier molecular flexibility index (Phi) is 3.17. The van der Waals surface area contributed by atoms with Crippen LogP contribution in [0.15, 0.2) is 48.0 Å². The van der Waals surface area contributed by atoms with Gasteiger partial charge in [-0.2, -0.15) is 0 Å². The molecule has 4 heteroatoms. The lowest BCUT2D eigenvalue weighted by atomic mass is 10.1. The van der Waals surface area contributed by atoms with Gasteiger partial charge in [-0.05, 0) is 29.1 Å². The minimum Gasteiger partial charge on any atom is -0.348 e. The Labute approximate surface area is 114 Å². The molecular weight excluding hydrogens is 264 g/mol. The number of H-pyrrole nitrogens is 1. The molecule has 2 nitrogen and oxygen atoms in total. The van der Waals surface area contributed by atoms with Crippen LogP contribution < -0.4 is 0 Å². The molecule has 0 aliphatic rings. The molecule has 2 heterocycles. The van der Waals surface area contributed by atoms with Crippen molar-refractivity contribution in [3.8, 4) is 10.6 Å². The molecule has 0 bridgehead atoms. The van der Waals surface area contributed by atoms with Gasteiger partial charge in [-0.15, -0.1) is 11.3 Å². The molecule has 0 radical (unpaired) electrons. The molecule has 0 saturated carbocycles. The Hall–Kier alpha value is -1.58. The summed E-state index contributed by atoms with van der Waals surface area (Å²) in [4.78, 5) is 9.00. The van der Waals surface area contributed by atoms with Crippen LogP contribution >= 0.6 is 22.9 Å². The first kappa shape index (κ1) is 11.5. The summed E-state index contributed by atoms with van der Waals surface area (Å²) >= 11 is 7.56. The van der Waals surface area contributed by atoms with Gasteiger partial charge in [0.05, 0.1) is 10.6 Å². The lowest BCUT2D eigenvalue weighted by Crippen LogP contribution is -1.90. The van der Waals surface area contributed by atoms with Crippen LogP contribution in [0, 0.1) is 0 Å². The molecule has 1 aromatic carbocycles. The standard InChI is InChI=1S/C14H11ClN2S/c15-11-5-3-10(4-6-11)8-14-16-9-12(17-14)13-2-1-7-18-13/h1-7,9H,8H2,(H,16,17). The van der Waals surface area contributed by atoms with E-state index in [1.807, 2.05) is 36.5 Å². The van der Waals surface area contributed by atoms with Gasteiger partial charge in [0.25, 0.3) is 0 Å². The van der Waals surface area contributed by atoms with Gasteiger partial charge in [0.15, 0.2) is 0 Å². The molecule has 0 saturated heterocycles. The Morgan fingerprint density at radius 3 is 2.72 bits per heavy atom. The van der Waals surface area contributed by atoms with Gasteiger partial charge in [-0.1, -0.05) is 29.8 Å². The molecule has 0 amide bonds. The van der Waals surface area contributed by atoms with E-state index in [0.717, 1.165) is 23.0 Å². The quantitative estimate of drug-likeness (QED) is 0.754. The van der Waals surface area contributed by atoms with E-state index >= 15 is 0 Å². The number of hydrogen-bond donors (Lipinski definition) is 1. The van der Waals surface area contributed by atoms with Gasteiger partial charge in [0.2, 0.25) is 0 Å². The Bertz CT molecular complexity index is 626. The van der Waals surface area contributed by atoms with Gasteiger partial charge < -0.3 is 4.98 Å². The summed E-state index contributed by atoms with van der Waals surface area (Å²) in [6.45, 7) is 0. The number of thiophene rings is 1. The molecule has 0 spiro atoms. The molecule has 0 aliphatic carbocycles. The fourth-order valence-corrected chi connectivity index (χ4v) is 2.61. The van der Waals surface area contributed by atoms with Crippen LogP contribution in [0.3, 0.4) is 0 Å². The van der Waals surface area contributed by atoms with Gasteiger partial charge in [0, 0.05) is 17.6 Å². The van der Waals surface area contributed by atoms with E-state index in [1.54, 1.807) is 11.3 Å². The second kappa shape index (κ2) is 4.96. The second-order valence-electron chi connectivity index (χ2n) is 4.01. The van der Waals surface area contributed by atoms with Gasteiger partial charge in [0.1, 0.15) is 5.82 Å². The van der Waals surface area contributed by atoms with Crippen molar-refractivity contribution < 1.29 is 0 Å². The van der Waals surface area contributed by atoms with Crippen molar-refractivity contribution >= 4 is 22.9 Å². The summed E-state index contributed by atoms with van der Waals surface area (Å²) in [7, 11) is 0. The van der Waals surface area contributed by atoms with Crippen molar-refractivity contribution in [2.45, 2.75) is 6.42 Å². The van der Waals surface area contributed by atoms with E-state index in [2.05, 4.69) is 21.4 Å². The summed E-state index contributed by atoms with van der Waals surface area (Å²) in [5.74, 6) is 0.973. The monoisotopic (exact) mass is 274 g/mol. The van der Waals surface area contributed by atoms with Crippen molar-refractivity contribution in [3.05, 3.63) is 64.4 Å². The number of benzene rings is 1. The highest BCUT2D eigenvalue weighted by Crippen LogP contribution is 2.23. The van der Waals surface area contributed by atoms with Crippen LogP contribution in [0.25, 0.3) is 10.6 Å². The number of aromatic nitrogens is 2. The fourth-order valence-electron chi connectivity index (χ4n) is 1.80. The third-order valence-electron chi connectivity index (χ3n) is 2.69. The third kappa shape index (κ3) is 2.47. The zero-order valence-electron chi connectivity index (χ0n) is 9.56. The first-order valence-electron chi connectivity index (χ1n) is 5.64. The molecule has 1 N–H and O–H groups in total. The lowest BCUT2D eigenvalue weighted by molar-refractivity contribution is 1.03. The highest BCUT2D eigenvalue weighted by molar-refractivity contribution is 7.13. The number of nitrogens with zero attached hydrogens (tertiary/aromatic N) is 1. The lowest BCUT2D eigenvalue weighted by Gasteiger charge is -1.98.